The van der Waals surface area contributed by atoms with Crippen LogP contribution in [0.1, 0.15) is 31.1 Å². The molecule has 0 aliphatic carbocycles. The number of nitrogens with two attached hydrogens (primary N) is 1. The molecule has 0 saturated carbocycles. The van der Waals surface area contributed by atoms with E-state index in [0.29, 0.717) is 11.3 Å². The van der Waals surface area contributed by atoms with Gasteiger partial charge in [0.05, 0.1) is 12.1 Å². The maximum Gasteiger partial charge on any atom is 0.326 e. The fourth-order valence-electron chi connectivity index (χ4n) is 1.87. The molecule has 0 amide bonds. The number of carbonyl (C=O) groups excluding carboxylic acids is 1. The Bertz CT molecular complexity index is 514. The smallest absolute Gasteiger partial charge is 0.326 e. The average Bonchev–Trinajstić information content (AvgIpc) is 2.42. The minimum Gasteiger partial charge on any atom is -0.480 e. The first kappa shape index (κ1) is 17.1. The van der Waals surface area contributed by atoms with Crippen molar-refractivity contribution in [2.75, 3.05) is 5.32 Å². The molecular weight excluding hydrogens is 272 g/mol. The topological polar surface area (TPSA) is 113 Å². The number of hydrogen-bond acceptors (Lipinski definition) is 5. The van der Waals surface area contributed by atoms with Crippen LogP contribution in [0.25, 0.3) is 0 Å². The van der Waals surface area contributed by atoms with Crippen molar-refractivity contribution in [1.82, 2.24) is 0 Å². The Kier molecular flexibility index (Phi) is 5.87. The molecule has 6 heteroatoms. The summed E-state index contributed by atoms with van der Waals surface area (Å²) >= 11 is 0. The predicted molar refractivity (Wildman–Crippen MR) is 80.3 cm³/mol. The van der Waals surface area contributed by atoms with Crippen molar-refractivity contribution in [2.24, 2.45) is 11.7 Å². The van der Waals surface area contributed by atoms with Crippen LogP contribution in [0.4, 0.5) is 5.69 Å². The summed E-state index contributed by atoms with van der Waals surface area (Å²) in [6, 6.07) is 4.71. The van der Waals surface area contributed by atoms with Crippen LogP contribution in [0, 0.1) is 5.92 Å². The zero-order valence-corrected chi connectivity index (χ0v) is 12.4. The molecule has 21 heavy (non-hydrogen) atoms. The van der Waals surface area contributed by atoms with Crippen LogP contribution >= 0.6 is 0 Å². The molecule has 5 N–H and O–H groups in total. The molecule has 0 saturated heterocycles. The quantitative estimate of drug-likeness (QED) is 0.560. The lowest BCUT2D eigenvalue weighted by atomic mass is 10.00. The van der Waals surface area contributed by atoms with Gasteiger partial charge in [-0.3, -0.25) is 4.79 Å². The Labute approximate surface area is 124 Å². The molecular formula is C15H22N2O4. The van der Waals surface area contributed by atoms with E-state index in [1.165, 1.54) is 6.92 Å². The lowest BCUT2D eigenvalue weighted by Crippen LogP contribution is -2.40. The molecule has 1 unspecified atom stereocenters. The van der Waals surface area contributed by atoms with Gasteiger partial charge in [0.25, 0.3) is 0 Å². The Morgan fingerprint density at radius 3 is 2.33 bits per heavy atom. The lowest BCUT2D eigenvalue weighted by Gasteiger charge is -2.20. The third-order valence-corrected chi connectivity index (χ3v) is 3.22. The first-order valence-electron chi connectivity index (χ1n) is 6.81. The number of hydrogen-bond donors (Lipinski definition) is 4. The van der Waals surface area contributed by atoms with E-state index in [1.54, 1.807) is 38.1 Å². The molecule has 1 rings (SSSR count). The summed E-state index contributed by atoms with van der Waals surface area (Å²) in [6.45, 7) is 5.04. The summed E-state index contributed by atoms with van der Waals surface area (Å²) in [5, 5.41) is 21.4. The highest BCUT2D eigenvalue weighted by Crippen LogP contribution is 2.16. The second-order valence-electron chi connectivity index (χ2n) is 5.42. The van der Waals surface area contributed by atoms with E-state index in [0.717, 1.165) is 0 Å². The minimum absolute atomic E-state index is 0.110. The highest BCUT2D eigenvalue weighted by Gasteiger charge is 2.23. The van der Waals surface area contributed by atoms with Gasteiger partial charge in [-0.25, -0.2) is 4.79 Å². The van der Waals surface area contributed by atoms with Gasteiger partial charge in [0.2, 0.25) is 0 Å². The number of aliphatic hydroxyl groups is 1. The maximum absolute atomic E-state index is 12.1. The molecule has 3 atom stereocenters. The molecule has 1 aromatic carbocycles. The summed E-state index contributed by atoms with van der Waals surface area (Å²) in [5.41, 5.74) is 6.49. The summed E-state index contributed by atoms with van der Waals surface area (Å²) in [4.78, 5) is 23.2. The van der Waals surface area contributed by atoms with E-state index < -0.39 is 24.2 Å². The largest absolute Gasteiger partial charge is 0.480 e. The molecule has 6 nitrogen and oxygen atoms in total. The van der Waals surface area contributed by atoms with Gasteiger partial charge < -0.3 is 21.3 Å². The van der Waals surface area contributed by atoms with Crippen molar-refractivity contribution in [3.05, 3.63) is 29.8 Å². The van der Waals surface area contributed by atoms with Crippen LogP contribution in [-0.4, -0.2) is 40.2 Å². The van der Waals surface area contributed by atoms with Gasteiger partial charge >= 0.3 is 5.97 Å². The highest BCUT2D eigenvalue weighted by atomic mass is 16.4. The summed E-state index contributed by atoms with van der Waals surface area (Å²) in [6.07, 6.45) is -0.948. The van der Waals surface area contributed by atoms with Crippen LogP contribution in [-0.2, 0) is 4.79 Å². The first-order chi connectivity index (χ1) is 9.73. The standard InChI is InChI=1S/C15H22N2O4/c1-8(2)13(15(20)21)17-11-6-4-5-10(7-11)14(19)12(16)9(3)18/h4-9,12-13,17-18H,16H2,1-3H3,(H,20,21)/t9?,12-,13-/m0/s1. The number of aliphatic carboxylic acids is 1. The van der Waals surface area contributed by atoms with Crippen molar-refractivity contribution in [2.45, 2.75) is 39.0 Å². The Morgan fingerprint density at radius 2 is 1.86 bits per heavy atom. The van der Waals surface area contributed by atoms with Gasteiger partial charge in [0, 0.05) is 11.3 Å². The summed E-state index contributed by atoms with van der Waals surface area (Å²) < 4.78 is 0. The Hall–Kier alpha value is -1.92. The van der Waals surface area contributed by atoms with Crippen molar-refractivity contribution in [3.63, 3.8) is 0 Å². The van der Waals surface area contributed by atoms with E-state index in [1.807, 2.05) is 0 Å². The molecule has 0 aliphatic heterocycles. The molecule has 116 valence electrons. The molecule has 0 radical (unpaired) electrons. The fraction of sp³-hybridized carbons (Fsp3) is 0.467. The minimum atomic E-state index is -0.999. The summed E-state index contributed by atoms with van der Waals surface area (Å²) in [7, 11) is 0. The number of anilines is 1. The van der Waals surface area contributed by atoms with E-state index in [-0.39, 0.29) is 11.7 Å². The molecule has 0 spiro atoms. The Morgan fingerprint density at radius 1 is 1.24 bits per heavy atom. The molecule has 0 heterocycles. The molecule has 0 aromatic heterocycles. The first-order valence-corrected chi connectivity index (χ1v) is 6.81. The van der Waals surface area contributed by atoms with Crippen molar-refractivity contribution in [3.8, 4) is 0 Å². The Balaban J connectivity index is 2.95. The van der Waals surface area contributed by atoms with E-state index in [4.69, 9.17) is 10.8 Å². The number of benzene rings is 1. The normalized spacial score (nSPS) is 15.3. The molecule has 0 aliphatic rings. The SMILES string of the molecule is CC(O)[C@H](N)C(=O)c1cccc(N[C@H](C(=O)O)C(C)C)c1. The number of ketones is 1. The molecule has 1 aromatic rings. The number of carboxylic acids is 1. The van der Waals surface area contributed by atoms with Gasteiger partial charge in [0.1, 0.15) is 6.04 Å². The molecule has 0 fully saturated rings. The average molecular weight is 294 g/mol. The third kappa shape index (κ3) is 4.54. The van der Waals surface area contributed by atoms with Crippen molar-refractivity contribution < 1.29 is 19.8 Å². The monoisotopic (exact) mass is 294 g/mol. The highest BCUT2D eigenvalue weighted by molar-refractivity contribution is 6.01. The second-order valence-corrected chi connectivity index (χ2v) is 5.42. The van der Waals surface area contributed by atoms with Gasteiger partial charge in [-0.1, -0.05) is 26.0 Å². The van der Waals surface area contributed by atoms with Gasteiger partial charge in [-0.05, 0) is 25.0 Å². The fourth-order valence-corrected chi connectivity index (χ4v) is 1.87. The maximum atomic E-state index is 12.1. The predicted octanol–water partition coefficient (Wildman–Crippen LogP) is 1.10. The van der Waals surface area contributed by atoms with E-state index in [2.05, 4.69) is 5.32 Å². The van der Waals surface area contributed by atoms with Crippen LogP contribution in [0.5, 0.6) is 0 Å². The van der Waals surface area contributed by atoms with Crippen LogP contribution in [0.15, 0.2) is 24.3 Å². The zero-order chi connectivity index (χ0) is 16.2. The van der Waals surface area contributed by atoms with Crippen LogP contribution < -0.4 is 11.1 Å². The van der Waals surface area contributed by atoms with Crippen LogP contribution in [0.2, 0.25) is 0 Å². The zero-order valence-electron chi connectivity index (χ0n) is 12.4. The number of nitrogens with one attached hydrogen (secondary N) is 1. The molecule has 0 bridgehead atoms. The van der Waals surface area contributed by atoms with E-state index in [9.17, 15) is 14.7 Å². The number of Topliss-reactive ketones (excluding diaryl/α,β-unsaturated/α-hetero) is 1. The second kappa shape index (κ2) is 7.19. The number of carboxylic acid groups (broad SMARTS) is 1. The summed E-state index contributed by atoms with van der Waals surface area (Å²) in [5.74, 6) is -1.45. The lowest BCUT2D eigenvalue weighted by molar-refractivity contribution is -0.138. The number of carbonyl (C=O) groups is 2. The third-order valence-electron chi connectivity index (χ3n) is 3.22. The number of aliphatic hydroxyl groups excluding tert-OH is 1. The number of rotatable bonds is 7. The van der Waals surface area contributed by atoms with Gasteiger partial charge in [0.15, 0.2) is 5.78 Å². The van der Waals surface area contributed by atoms with Crippen molar-refractivity contribution in [1.29, 1.82) is 0 Å². The van der Waals surface area contributed by atoms with E-state index >= 15 is 0 Å². The van der Waals surface area contributed by atoms with Crippen molar-refractivity contribution >= 4 is 17.4 Å². The van der Waals surface area contributed by atoms with Crippen LogP contribution in [0.3, 0.4) is 0 Å². The van der Waals surface area contributed by atoms with Gasteiger partial charge in [-0.2, -0.15) is 0 Å². The van der Waals surface area contributed by atoms with Gasteiger partial charge in [-0.15, -0.1) is 0 Å².